The summed E-state index contributed by atoms with van der Waals surface area (Å²) < 4.78 is 17.2. The van der Waals surface area contributed by atoms with Gasteiger partial charge in [0.2, 0.25) is 0 Å². The molecule has 3 nitrogen and oxygen atoms in total. The Balaban J connectivity index is 2.04. The van der Waals surface area contributed by atoms with Crippen LogP contribution in [0, 0.1) is 0 Å². The molecule has 1 atom stereocenters. The van der Waals surface area contributed by atoms with Crippen LogP contribution in [-0.2, 0) is 17.2 Å². The highest BCUT2D eigenvalue weighted by Gasteiger charge is 2.14. The first-order valence-corrected chi connectivity index (χ1v) is 8.42. The van der Waals surface area contributed by atoms with Gasteiger partial charge in [0, 0.05) is 9.77 Å². The highest BCUT2D eigenvalue weighted by Crippen LogP contribution is 2.19. The summed E-state index contributed by atoms with van der Waals surface area (Å²) in [5, 5.41) is 0. The molecule has 0 saturated carbocycles. The SMILES string of the molecule is CCc1ccc(C(=O)CS(=O)c2ccc(OC)cc2)s1. The van der Waals surface area contributed by atoms with E-state index in [0.29, 0.717) is 15.5 Å². The quantitative estimate of drug-likeness (QED) is 0.769. The fraction of sp³-hybridized carbons (Fsp3) is 0.267. The number of rotatable bonds is 6. The predicted molar refractivity (Wildman–Crippen MR) is 82.3 cm³/mol. The monoisotopic (exact) mass is 308 g/mol. The summed E-state index contributed by atoms with van der Waals surface area (Å²) in [6, 6.07) is 10.7. The van der Waals surface area contributed by atoms with Gasteiger partial charge in [-0.1, -0.05) is 6.92 Å². The van der Waals surface area contributed by atoms with Crippen molar-refractivity contribution in [2.24, 2.45) is 0 Å². The molecule has 106 valence electrons. The number of ether oxygens (including phenoxy) is 1. The van der Waals surface area contributed by atoms with Crippen LogP contribution in [0.4, 0.5) is 0 Å². The topological polar surface area (TPSA) is 43.4 Å². The van der Waals surface area contributed by atoms with E-state index in [9.17, 15) is 9.00 Å². The Morgan fingerprint density at radius 1 is 1.20 bits per heavy atom. The summed E-state index contributed by atoms with van der Waals surface area (Å²) >= 11 is 1.48. The van der Waals surface area contributed by atoms with Gasteiger partial charge >= 0.3 is 0 Å². The molecule has 5 heteroatoms. The van der Waals surface area contributed by atoms with Gasteiger partial charge in [0.25, 0.3) is 0 Å². The molecule has 1 heterocycles. The van der Waals surface area contributed by atoms with E-state index in [2.05, 4.69) is 6.92 Å². The van der Waals surface area contributed by atoms with E-state index in [-0.39, 0.29) is 11.5 Å². The number of methoxy groups -OCH3 is 1. The smallest absolute Gasteiger partial charge is 0.185 e. The van der Waals surface area contributed by atoms with E-state index in [1.54, 1.807) is 31.4 Å². The maximum absolute atomic E-state index is 12.2. The maximum Gasteiger partial charge on any atom is 0.185 e. The number of hydrogen-bond donors (Lipinski definition) is 0. The van der Waals surface area contributed by atoms with Crippen molar-refractivity contribution in [3.8, 4) is 5.75 Å². The Morgan fingerprint density at radius 3 is 2.45 bits per heavy atom. The van der Waals surface area contributed by atoms with Gasteiger partial charge in [-0.2, -0.15) is 0 Å². The minimum Gasteiger partial charge on any atom is -0.497 e. The Hall–Kier alpha value is -1.46. The average molecular weight is 308 g/mol. The van der Waals surface area contributed by atoms with E-state index in [0.717, 1.165) is 6.42 Å². The number of Topliss-reactive ketones (excluding diaryl/α,β-unsaturated/α-hetero) is 1. The number of benzene rings is 1. The second-order valence-corrected chi connectivity index (χ2v) is 6.83. The fourth-order valence-corrected chi connectivity index (χ4v) is 3.70. The standard InChI is InChI=1S/C15H16O3S2/c1-3-12-6-9-15(19-12)14(16)10-20(17)13-7-4-11(18-2)5-8-13/h4-9H,3,10H2,1-2H3. The molecule has 1 aromatic carbocycles. The number of ketones is 1. The van der Waals surface area contributed by atoms with Gasteiger partial charge in [0.15, 0.2) is 5.78 Å². The lowest BCUT2D eigenvalue weighted by Crippen LogP contribution is -2.09. The third-order valence-electron chi connectivity index (χ3n) is 2.87. The van der Waals surface area contributed by atoms with Crippen molar-refractivity contribution in [1.82, 2.24) is 0 Å². The minimum absolute atomic E-state index is 0.0238. The van der Waals surface area contributed by atoms with E-state index in [1.165, 1.54) is 16.2 Å². The Kier molecular flexibility index (Phi) is 5.09. The van der Waals surface area contributed by atoms with Crippen molar-refractivity contribution >= 4 is 27.9 Å². The molecule has 20 heavy (non-hydrogen) atoms. The summed E-state index contributed by atoms with van der Waals surface area (Å²) in [5.41, 5.74) is 0. The van der Waals surface area contributed by atoms with Gasteiger partial charge in [0.1, 0.15) is 5.75 Å². The molecule has 0 aliphatic rings. The molecular formula is C15H16O3S2. The highest BCUT2D eigenvalue weighted by molar-refractivity contribution is 7.85. The lowest BCUT2D eigenvalue weighted by molar-refractivity contribution is 0.102. The summed E-state index contributed by atoms with van der Waals surface area (Å²) in [7, 11) is 0.266. The first-order chi connectivity index (χ1) is 9.63. The molecule has 0 radical (unpaired) electrons. The number of hydrogen-bond acceptors (Lipinski definition) is 4. The Labute approximate surface area is 125 Å². The average Bonchev–Trinajstić information content (AvgIpc) is 2.96. The highest BCUT2D eigenvalue weighted by atomic mass is 32.2. The van der Waals surface area contributed by atoms with Gasteiger partial charge in [-0.05, 0) is 42.8 Å². The zero-order valence-corrected chi connectivity index (χ0v) is 13.1. The zero-order valence-electron chi connectivity index (χ0n) is 11.4. The van der Waals surface area contributed by atoms with Crippen LogP contribution in [0.2, 0.25) is 0 Å². The van der Waals surface area contributed by atoms with E-state index >= 15 is 0 Å². The summed E-state index contributed by atoms with van der Waals surface area (Å²) in [6.07, 6.45) is 0.916. The first-order valence-electron chi connectivity index (χ1n) is 6.28. The van der Waals surface area contributed by atoms with Crippen LogP contribution >= 0.6 is 11.3 Å². The van der Waals surface area contributed by atoms with Crippen molar-refractivity contribution in [1.29, 1.82) is 0 Å². The second kappa shape index (κ2) is 6.81. The normalized spacial score (nSPS) is 12.1. The van der Waals surface area contributed by atoms with Crippen molar-refractivity contribution in [2.75, 3.05) is 12.9 Å². The van der Waals surface area contributed by atoms with Crippen LogP contribution in [0.5, 0.6) is 5.75 Å². The van der Waals surface area contributed by atoms with Crippen LogP contribution in [0.3, 0.4) is 0 Å². The molecule has 0 amide bonds. The zero-order chi connectivity index (χ0) is 14.5. The molecule has 0 fully saturated rings. The Morgan fingerprint density at radius 2 is 1.90 bits per heavy atom. The molecule has 0 aliphatic heterocycles. The summed E-state index contributed by atoms with van der Waals surface area (Å²) in [4.78, 5) is 14.6. The molecule has 0 bridgehead atoms. The van der Waals surface area contributed by atoms with Gasteiger partial charge in [-0.3, -0.25) is 9.00 Å². The van der Waals surface area contributed by atoms with Gasteiger partial charge in [-0.15, -0.1) is 11.3 Å². The van der Waals surface area contributed by atoms with Crippen LogP contribution in [0.25, 0.3) is 0 Å². The van der Waals surface area contributed by atoms with E-state index < -0.39 is 10.8 Å². The lowest BCUT2D eigenvalue weighted by atomic mass is 10.3. The molecule has 0 spiro atoms. The largest absolute Gasteiger partial charge is 0.497 e. The van der Waals surface area contributed by atoms with Crippen LogP contribution < -0.4 is 4.74 Å². The molecule has 0 saturated heterocycles. The van der Waals surface area contributed by atoms with Crippen molar-refractivity contribution in [2.45, 2.75) is 18.2 Å². The van der Waals surface area contributed by atoms with Crippen LogP contribution in [-0.4, -0.2) is 22.9 Å². The van der Waals surface area contributed by atoms with Crippen molar-refractivity contribution in [3.63, 3.8) is 0 Å². The lowest BCUT2D eigenvalue weighted by Gasteiger charge is -2.03. The maximum atomic E-state index is 12.2. The van der Waals surface area contributed by atoms with Gasteiger partial charge in [-0.25, -0.2) is 0 Å². The van der Waals surface area contributed by atoms with Crippen LogP contribution in [0.15, 0.2) is 41.3 Å². The number of carbonyl (C=O) groups is 1. The van der Waals surface area contributed by atoms with Crippen molar-refractivity contribution in [3.05, 3.63) is 46.2 Å². The molecule has 2 aromatic rings. The third-order valence-corrected chi connectivity index (χ3v) is 5.46. The molecule has 1 aromatic heterocycles. The fourth-order valence-electron chi connectivity index (χ4n) is 1.72. The number of aryl methyl sites for hydroxylation is 1. The predicted octanol–water partition coefficient (Wildman–Crippen LogP) is 3.31. The van der Waals surface area contributed by atoms with E-state index in [1.807, 2.05) is 12.1 Å². The number of thiophene rings is 1. The molecule has 2 rings (SSSR count). The molecule has 0 N–H and O–H groups in total. The van der Waals surface area contributed by atoms with E-state index in [4.69, 9.17) is 4.74 Å². The van der Waals surface area contributed by atoms with Crippen LogP contribution in [0.1, 0.15) is 21.5 Å². The summed E-state index contributed by atoms with van der Waals surface area (Å²) in [6.45, 7) is 2.05. The Bertz CT molecular complexity index is 614. The van der Waals surface area contributed by atoms with Gasteiger partial charge < -0.3 is 4.74 Å². The first kappa shape index (κ1) is 14.9. The second-order valence-electron chi connectivity index (χ2n) is 4.21. The minimum atomic E-state index is -1.32. The summed E-state index contributed by atoms with van der Waals surface area (Å²) in [5.74, 6) is 0.669. The molecular weight excluding hydrogens is 292 g/mol. The van der Waals surface area contributed by atoms with Crippen molar-refractivity contribution < 1.29 is 13.7 Å². The third kappa shape index (κ3) is 3.55. The molecule has 0 aliphatic carbocycles. The molecule has 1 unspecified atom stereocenters. The van der Waals surface area contributed by atoms with Gasteiger partial charge in [0.05, 0.1) is 28.5 Å². The number of carbonyl (C=O) groups excluding carboxylic acids is 1.